The van der Waals surface area contributed by atoms with Crippen molar-refractivity contribution in [2.24, 2.45) is 7.05 Å². The van der Waals surface area contributed by atoms with E-state index in [4.69, 9.17) is 4.52 Å². The third-order valence-corrected chi connectivity index (χ3v) is 5.01. The molecular formula is C19H22N6O2. The van der Waals surface area contributed by atoms with Crippen LogP contribution >= 0.6 is 0 Å². The summed E-state index contributed by atoms with van der Waals surface area (Å²) in [6.07, 6.45) is 5.33. The molecule has 140 valence electrons. The molecule has 8 heteroatoms. The van der Waals surface area contributed by atoms with Crippen molar-refractivity contribution in [2.75, 3.05) is 11.9 Å². The normalized spacial score (nSPS) is 16.7. The van der Waals surface area contributed by atoms with E-state index in [1.165, 1.54) is 0 Å². The number of pyridine rings is 1. The van der Waals surface area contributed by atoms with Crippen LogP contribution in [0, 0.1) is 13.8 Å². The molecule has 3 aromatic rings. The number of carbonyl (C=O) groups excluding carboxylic acids is 1. The maximum Gasteiger partial charge on any atom is 0.323 e. The molecule has 3 aromatic heterocycles. The summed E-state index contributed by atoms with van der Waals surface area (Å²) in [6, 6.07) is 5.51. The fourth-order valence-electron chi connectivity index (χ4n) is 3.70. The summed E-state index contributed by atoms with van der Waals surface area (Å²) < 4.78 is 6.96. The number of urea groups is 1. The minimum atomic E-state index is -0.141. The van der Waals surface area contributed by atoms with Gasteiger partial charge in [0.15, 0.2) is 0 Å². The van der Waals surface area contributed by atoms with Crippen molar-refractivity contribution in [2.45, 2.75) is 32.7 Å². The van der Waals surface area contributed by atoms with Gasteiger partial charge in [-0.15, -0.1) is 0 Å². The second kappa shape index (κ2) is 6.86. The Morgan fingerprint density at radius 3 is 2.93 bits per heavy atom. The molecule has 0 aliphatic carbocycles. The van der Waals surface area contributed by atoms with E-state index in [1.807, 2.05) is 44.0 Å². The van der Waals surface area contributed by atoms with Gasteiger partial charge in [0, 0.05) is 43.2 Å². The standard InChI is InChI=1S/C19H22N6O2/c1-12-18(13(2)27-23-12)16-7-5-9-25(16)19(26)21-17-10-15(22-24(17)3)14-6-4-8-20-11-14/h4,6,8,10-11,16H,5,7,9H2,1-3H3,(H,21,26). The number of nitrogens with zero attached hydrogens (tertiary/aromatic N) is 5. The molecule has 4 rings (SSSR count). The van der Waals surface area contributed by atoms with Crippen LogP contribution in [0.25, 0.3) is 11.3 Å². The number of hydrogen-bond acceptors (Lipinski definition) is 5. The number of carbonyl (C=O) groups is 1. The minimum Gasteiger partial charge on any atom is -0.361 e. The van der Waals surface area contributed by atoms with Crippen molar-refractivity contribution in [1.82, 2.24) is 24.8 Å². The lowest BCUT2D eigenvalue weighted by Gasteiger charge is -2.25. The molecule has 2 amide bonds. The quantitative estimate of drug-likeness (QED) is 0.767. The van der Waals surface area contributed by atoms with Gasteiger partial charge in [0.25, 0.3) is 0 Å². The fraction of sp³-hybridized carbons (Fsp3) is 0.368. The van der Waals surface area contributed by atoms with Crippen LogP contribution in [0.3, 0.4) is 0 Å². The van der Waals surface area contributed by atoms with Gasteiger partial charge in [-0.2, -0.15) is 5.10 Å². The zero-order chi connectivity index (χ0) is 19.0. The molecule has 1 fully saturated rings. The third kappa shape index (κ3) is 3.18. The molecule has 0 bridgehead atoms. The number of hydrogen-bond donors (Lipinski definition) is 1. The van der Waals surface area contributed by atoms with E-state index in [9.17, 15) is 4.79 Å². The second-order valence-corrected chi connectivity index (χ2v) is 6.80. The molecular weight excluding hydrogens is 344 g/mol. The molecule has 0 radical (unpaired) electrons. The summed E-state index contributed by atoms with van der Waals surface area (Å²) >= 11 is 0. The Balaban J connectivity index is 1.55. The Morgan fingerprint density at radius 2 is 2.22 bits per heavy atom. The SMILES string of the molecule is Cc1noc(C)c1C1CCCN1C(=O)Nc1cc(-c2cccnc2)nn1C. The number of aromatic nitrogens is 4. The molecule has 1 aliphatic heterocycles. The van der Waals surface area contributed by atoms with Crippen LogP contribution in [0.15, 0.2) is 35.1 Å². The number of nitrogens with one attached hydrogen (secondary N) is 1. The lowest BCUT2D eigenvalue weighted by Crippen LogP contribution is -2.35. The van der Waals surface area contributed by atoms with Gasteiger partial charge in [-0.1, -0.05) is 5.16 Å². The van der Waals surface area contributed by atoms with Gasteiger partial charge in [0.2, 0.25) is 0 Å². The highest BCUT2D eigenvalue weighted by Gasteiger charge is 2.34. The monoisotopic (exact) mass is 366 g/mol. The first-order chi connectivity index (χ1) is 13.0. The van der Waals surface area contributed by atoms with Gasteiger partial charge in [-0.05, 0) is 38.8 Å². The molecule has 4 heterocycles. The van der Waals surface area contributed by atoms with Gasteiger partial charge in [-0.3, -0.25) is 15.0 Å². The second-order valence-electron chi connectivity index (χ2n) is 6.80. The van der Waals surface area contributed by atoms with Gasteiger partial charge in [-0.25, -0.2) is 4.79 Å². The van der Waals surface area contributed by atoms with E-state index in [2.05, 4.69) is 20.6 Å². The van der Waals surface area contributed by atoms with Crippen molar-refractivity contribution in [1.29, 1.82) is 0 Å². The van der Waals surface area contributed by atoms with Crippen LogP contribution in [-0.4, -0.2) is 37.4 Å². The van der Waals surface area contributed by atoms with Crippen molar-refractivity contribution in [3.63, 3.8) is 0 Å². The fourth-order valence-corrected chi connectivity index (χ4v) is 3.70. The zero-order valence-corrected chi connectivity index (χ0v) is 15.6. The molecule has 27 heavy (non-hydrogen) atoms. The molecule has 1 saturated heterocycles. The third-order valence-electron chi connectivity index (χ3n) is 5.01. The van der Waals surface area contributed by atoms with Crippen LogP contribution < -0.4 is 5.32 Å². The first kappa shape index (κ1) is 17.3. The summed E-state index contributed by atoms with van der Waals surface area (Å²) in [6.45, 7) is 4.51. The summed E-state index contributed by atoms with van der Waals surface area (Å²) in [4.78, 5) is 18.9. The first-order valence-corrected chi connectivity index (χ1v) is 8.99. The smallest absolute Gasteiger partial charge is 0.323 e. The lowest BCUT2D eigenvalue weighted by atomic mass is 10.0. The van der Waals surface area contributed by atoms with Crippen LogP contribution in [0.1, 0.15) is 35.9 Å². The van der Waals surface area contributed by atoms with Gasteiger partial charge in [0.05, 0.1) is 17.4 Å². The predicted molar refractivity (Wildman–Crippen MR) is 100 cm³/mol. The molecule has 1 aliphatic rings. The van der Waals surface area contributed by atoms with Gasteiger partial charge in [0.1, 0.15) is 11.6 Å². The maximum atomic E-state index is 13.0. The molecule has 8 nitrogen and oxygen atoms in total. The maximum absolute atomic E-state index is 13.0. The summed E-state index contributed by atoms with van der Waals surface area (Å²) in [5.74, 6) is 1.42. The van der Waals surface area contributed by atoms with Gasteiger partial charge < -0.3 is 9.42 Å². The number of amides is 2. The van der Waals surface area contributed by atoms with Crippen LogP contribution in [0.2, 0.25) is 0 Å². The Bertz CT molecular complexity index is 942. The number of likely N-dealkylation sites (tertiary alicyclic amines) is 1. The minimum absolute atomic E-state index is 0.0118. The van der Waals surface area contributed by atoms with Gasteiger partial charge >= 0.3 is 6.03 Å². The lowest BCUT2D eigenvalue weighted by molar-refractivity contribution is 0.206. The highest BCUT2D eigenvalue weighted by Crippen LogP contribution is 2.36. The molecule has 0 aromatic carbocycles. The average molecular weight is 366 g/mol. The Hall–Kier alpha value is -3.16. The first-order valence-electron chi connectivity index (χ1n) is 8.99. The topological polar surface area (TPSA) is 89.1 Å². The van der Waals surface area contributed by atoms with E-state index in [-0.39, 0.29) is 12.1 Å². The van der Waals surface area contributed by atoms with E-state index in [0.29, 0.717) is 12.4 Å². The van der Waals surface area contributed by atoms with Crippen molar-refractivity contribution < 1.29 is 9.32 Å². The van der Waals surface area contributed by atoms with E-state index in [0.717, 1.165) is 41.1 Å². The van der Waals surface area contributed by atoms with Crippen molar-refractivity contribution in [3.05, 3.63) is 47.6 Å². The Labute approximate surface area is 157 Å². The molecule has 1 unspecified atom stereocenters. The van der Waals surface area contributed by atoms with E-state index >= 15 is 0 Å². The van der Waals surface area contributed by atoms with Crippen molar-refractivity contribution in [3.8, 4) is 11.3 Å². The molecule has 0 spiro atoms. The summed E-state index contributed by atoms with van der Waals surface area (Å²) in [5.41, 5.74) is 3.54. The number of anilines is 1. The van der Waals surface area contributed by atoms with Crippen LogP contribution in [0.4, 0.5) is 10.6 Å². The number of rotatable bonds is 3. The Kier molecular flexibility index (Phi) is 4.39. The summed E-state index contributed by atoms with van der Waals surface area (Å²) in [5, 5.41) is 11.5. The van der Waals surface area contributed by atoms with Crippen LogP contribution in [-0.2, 0) is 7.05 Å². The Morgan fingerprint density at radius 1 is 1.37 bits per heavy atom. The molecule has 1 N–H and O–H groups in total. The zero-order valence-electron chi connectivity index (χ0n) is 15.6. The van der Waals surface area contributed by atoms with E-state index < -0.39 is 0 Å². The molecule has 0 saturated carbocycles. The van der Waals surface area contributed by atoms with Crippen LogP contribution in [0.5, 0.6) is 0 Å². The number of aryl methyl sites for hydroxylation is 3. The summed E-state index contributed by atoms with van der Waals surface area (Å²) in [7, 11) is 1.81. The highest BCUT2D eigenvalue weighted by atomic mass is 16.5. The van der Waals surface area contributed by atoms with E-state index in [1.54, 1.807) is 17.1 Å². The predicted octanol–water partition coefficient (Wildman–Crippen LogP) is 3.46. The molecule has 1 atom stereocenters. The van der Waals surface area contributed by atoms with Crippen molar-refractivity contribution >= 4 is 11.8 Å². The highest BCUT2D eigenvalue weighted by molar-refractivity contribution is 5.89. The largest absolute Gasteiger partial charge is 0.361 e. The average Bonchev–Trinajstić information content (AvgIpc) is 3.36.